The highest BCUT2D eigenvalue weighted by Gasteiger charge is 2.08. The van der Waals surface area contributed by atoms with Gasteiger partial charge in [0.25, 0.3) is 0 Å². The second kappa shape index (κ2) is 6.21. The van der Waals surface area contributed by atoms with E-state index in [1.807, 2.05) is 13.8 Å². The normalized spacial score (nSPS) is 10.6. The Morgan fingerprint density at radius 3 is 2.78 bits per heavy atom. The van der Waals surface area contributed by atoms with Crippen molar-refractivity contribution in [3.8, 4) is 0 Å². The molecule has 2 aromatic heterocycles. The highest BCUT2D eigenvalue weighted by molar-refractivity contribution is 8.01. The van der Waals surface area contributed by atoms with Crippen molar-refractivity contribution in [2.75, 3.05) is 5.75 Å². The zero-order chi connectivity index (χ0) is 13.0. The molecule has 0 saturated carbocycles. The number of nitrogens with zero attached hydrogens (tertiary/aromatic N) is 4. The van der Waals surface area contributed by atoms with Gasteiger partial charge in [-0.25, -0.2) is 0 Å². The van der Waals surface area contributed by atoms with Crippen LogP contribution in [0.25, 0.3) is 0 Å². The van der Waals surface area contributed by atoms with E-state index in [9.17, 15) is 4.79 Å². The van der Waals surface area contributed by atoms with Crippen molar-refractivity contribution >= 4 is 40.5 Å². The number of carbonyl (C=O) groups is 1. The molecule has 0 aliphatic heterocycles. The summed E-state index contributed by atoms with van der Waals surface area (Å²) in [6.07, 6.45) is 0. The van der Waals surface area contributed by atoms with Crippen molar-refractivity contribution in [1.82, 2.24) is 25.1 Å². The van der Waals surface area contributed by atoms with Crippen molar-refractivity contribution < 1.29 is 4.79 Å². The average molecular weight is 301 g/mol. The van der Waals surface area contributed by atoms with Gasteiger partial charge in [0.05, 0.1) is 22.9 Å². The number of aromatic nitrogens is 4. The van der Waals surface area contributed by atoms with Crippen LogP contribution in [0, 0.1) is 13.8 Å². The first kappa shape index (κ1) is 13.4. The summed E-state index contributed by atoms with van der Waals surface area (Å²) in [6.45, 7) is 4.25. The molecule has 0 spiro atoms. The summed E-state index contributed by atoms with van der Waals surface area (Å²) in [5.41, 5.74) is 0.868. The Morgan fingerprint density at radius 1 is 1.33 bits per heavy atom. The molecule has 0 aliphatic rings. The first-order valence-corrected chi connectivity index (χ1v) is 7.70. The second-order valence-corrected chi connectivity index (χ2v) is 6.68. The third-order valence-electron chi connectivity index (χ3n) is 2.03. The van der Waals surface area contributed by atoms with Gasteiger partial charge in [-0.2, -0.15) is 0 Å². The molecule has 0 atom stereocenters. The Bertz CT molecular complexity index is 538. The van der Waals surface area contributed by atoms with Gasteiger partial charge < -0.3 is 5.32 Å². The quantitative estimate of drug-likeness (QED) is 0.841. The van der Waals surface area contributed by atoms with Crippen LogP contribution in [0.4, 0.5) is 0 Å². The fourth-order valence-corrected chi connectivity index (χ4v) is 3.32. The van der Waals surface area contributed by atoms with Gasteiger partial charge in [0, 0.05) is 0 Å². The number of aryl methyl sites for hydroxylation is 2. The predicted molar refractivity (Wildman–Crippen MR) is 71.9 cm³/mol. The maximum Gasteiger partial charge on any atom is 0.230 e. The highest BCUT2D eigenvalue weighted by Crippen LogP contribution is 2.21. The van der Waals surface area contributed by atoms with Crippen LogP contribution in [0.1, 0.15) is 15.6 Å². The summed E-state index contributed by atoms with van der Waals surface area (Å²) >= 11 is 4.19. The maximum atomic E-state index is 11.6. The summed E-state index contributed by atoms with van der Waals surface area (Å²) in [5, 5.41) is 15.5. The monoisotopic (exact) mass is 301 g/mol. The predicted octanol–water partition coefficient (Wildman–Crippen LogP) is 1.41. The third kappa shape index (κ3) is 3.72. The molecule has 1 N–H and O–H groups in total. The lowest BCUT2D eigenvalue weighted by molar-refractivity contribution is -0.118. The minimum absolute atomic E-state index is 0.0272. The molecule has 0 aliphatic carbocycles. The van der Waals surface area contributed by atoms with Crippen LogP contribution >= 0.6 is 34.6 Å². The zero-order valence-electron chi connectivity index (χ0n) is 9.84. The van der Waals surface area contributed by atoms with Crippen molar-refractivity contribution in [2.45, 2.75) is 24.7 Å². The van der Waals surface area contributed by atoms with E-state index < -0.39 is 0 Å². The Hall–Kier alpha value is -1.06. The second-order valence-electron chi connectivity index (χ2n) is 3.43. The van der Waals surface area contributed by atoms with Gasteiger partial charge in [-0.1, -0.05) is 27.6 Å². The molecule has 9 heteroatoms. The number of amides is 1. The summed E-state index contributed by atoms with van der Waals surface area (Å²) in [7, 11) is 0. The van der Waals surface area contributed by atoms with E-state index in [-0.39, 0.29) is 5.91 Å². The Balaban J connectivity index is 1.74. The lowest BCUT2D eigenvalue weighted by Crippen LogP contribution is -2.24. The number of hydrogen-bond acceptors (Lipinski definition) is 8. The van der Waals surface area contributed by atoms with Crippen LogP contribution in [-0.4, -0.2) is 31.4 Å². The minimum atomic E-state index is -0.0272. The molecule has 0 saturated heterocycles. The van der Waals surface area contributed by atoms with Crippen LogP contribution in [-0.2, 0) is 11.3 Å². The first-order valence-electron chi connectivity index (χ1n) is 5.12. The highest BCUT2D eigenvalue weighted by atomic mass is 32.2. The van der Waals surface area contributed by atoms with Gasteiger partial charge in [-0.05, 0) is 25.4 Å². The summed E-state index contributed by atoms with van der Waals surface area (Å²) in [5.74, 6) is 0.320. The maximum absolute atomic E-state index is 11.6. The van der Waals surface area contributed by atoms with Gasteiger partial charge in [-0.3, -0.25) is 4.79 Å². The van der Waals surface area contributed by atoms with Gasteiger partial charge in [0.2, 0.25) is 5.91 Å². The number of rotatable bonds is 5. The van der Waals surface area contributed by atoms with Gasteiger partial charge in [-0.15, -0.1) is 15.3 Å². The van der Waals surface area contributed by atoms with E-state index in [4.69, 9.17) is 0 Å². The van der Waals surface area contributed by atoms with E-state index >= 15 is 0 Å². The van der Waals surface area contributed by atoms with Crippen LogP contribution in [0.2, 0.25) is 0 Å². The van der Waals surface area contributed by atoms with Crippen LogP contribution < -0.4 is 5.32 Å². The molecule has 0 radical (unpaired) electrons. The standard InChI is InChI=1S/C9H11N5OS3/c1-5-7(18-14-11-5)3-10-8(15)4-16-9-13-12-6(2)17-9/h3-4H2,1-2H3,(H,10,15). The molecule has 2 heterocycles. The van der Waals surface area contributed by atoms with E-state index in [1.165, 1.54) is 34.6 Å². The fourth-order valence-electron chi connectivity index (χ4n) is 1.11. The molecule has 0 unspecified atom stereocenters. The molecule has 2 aromatic rings. The lowest BCUT2D eigenvalue weighted by Gasteiger charge is -2.01. The van der Waals surface area contributed by atoms with E-state index in [0.717, 1.165) is 19.9 Å². The summed E-state index contributed by atoms with van der Waals surface area (Å²) in [6, 6.07) is 0. The van der Waals surface area contributed by atoms with E-state index in [1.54, 1.807) is 0 Å². The average Bonchev–Trinajstić information content (AvgIpc) is 2.93. The Kier molecular flexibility index (Phi) is 4.61. The van der Waals surface area contributed by atoms with Crippen molar-refractivity contribution in [3.63, 3.8) is 0 Å². The number of carbonyl (C=O) groups excluding carboxylic acids is 1. The molecule has 18 heavy (non-hydrogen) atoms. The summed E-state index contributed by atoms with van der Waals surface area (Å²) in [4.78, 5) is 12.6. The van der Waals surface area contributed by atoms with Crippen LogP contribution in [0.3, 0.4) is 0 Å². The topological polar surface area (TPSA) is 80.7 Å². The van der Waals surface area contributed by atoms with Gasteiger partial charge in [0.15, 0.2) is 4.34 Å². The van der Waals surface area contributed by atoms with Crippen molar-refractivity contribution in [2.24, 2.45) is 0 Å². The summed E-state index contributed by atoms with van der Waals surface area (Å²) < 4.78 is 4.63. The largest absolute Gasteiger partial charge is 0.350 e. The molecular weight excluding hydrogens is 290 g/mol. The fraction of sp³-hybridized carbons (Fsp3) is 0.444. The molecule has 2 rings (SSSR count). The molecule has 96 valence electrons. The number of thioether (sulfide) groups is 1. The van der Waals surface area contributed by atoms with E-state index in [2.05, 4.69) is 25.1 Å². The molecule has 1 amide bonds. The smallest absolute Gasteiger partial charge is 0.230 e. The Morgan fingerprint density at radius 2 is 2.17 bits per heavy atom. The molecule has 6 nitrogen and oxygen atoms in total. The van der Waals surface area contributed by atoms with Gasteiger partial charge >= 0.3 is 0 Å². The lowest BCUT2D eigenvalue weighted by atomic mass is 10.4. The number of nitrogens with one attached hydrogen (secondary N) is 1. The minimum Gasteiger partial charge on any atom is -0.350 e. The van der Waals surface area contributed by atoms with Crippen molar-refractivity contribution in [3.05, 3.63) is 15.6 Å². The van der Waals surface area contributed by atoms with Crippen LogP contribution in [0.15, 0.2) is 4.34 Å². The molecule has 0 fully saturated rings. The SMILES string of the molecule is Cc1nnc(SCC(=O)NCc2snnc2C)s1. The molecule has 0 bridgehead atoms. The zero-order valence-corrected chi connectivity index (χ0v) is 12.3. The third-order valence-corrected chi connectivity index (χ3v) is 4.82. The number of hydrogen-bond donors (Lipinski definition) is 1. The van der Waals surface area contributed by atoms with Gasteiger partial charge in [0.1, 0.15) is 5.01 Å². The van der Waals surface area contributed by atoms with Crippen molar-refractivity contribution in [1.29, 1.82) is 0 Å². The Labute approximate surface area is 116 Å². The van der Waals surface area contributed by atoms with Crippen LogP contribution in [0.5, 0.6) is 0 Å². The molecular formula is C9H11N5OS3. The van der Waals surface area contributed by atoms with E-state index in [0.29, 0.717) is 12.3 Å². The first-order chi connectivity index (χ1) is 8.65. The molecule has 0 aromatic carbocycles.